The molecule has 0 saturated carbocycles. The van der Waals surface area contributed by atoms with Gasteiger partial charge in [0.25, 0.3) is 0 Å². The fraction of sp³-hybridized carbons (Fsp3) is 0.231. The number of hydrogen-bond acceptors (Lipinski definition) is 0. The van der Waals surface area contributed by atoms with E-state index in [0.29, 0.717) is 0 Å². The molecule has 0 spiro atoms. The van der Waals surface area contributed by atoms with Crippen molar-refractivity contribution < 1.29 is 0 Å². The monoisotopic (exact) mass is 170 g/mol. The number of benzene rings is 1. The Hall–Kier alpha value is -1.30. The van der Waals surface area contributed by atoms with Gasteiger partial charge >= 0.3 is 0 Å². The summed E-state index contributed by atoms with van der Waals surface area (Å²) in [6.45, 7) is 3.74. The van der Waals surface area contributed by atoms with Gasteiger partial charge in [-0.1, -0.05) is 43.0 Å². The lowest BCUT2D eigenvalue weighted by Gasteiger charge is -2.01. The maximum absolute atomic E-state index is 3.74. The lowest BCUT2D eigenvalue weighted by molar-refractivity contribution is 0.935. The molecule has 13 heavy (non-hydrogen) atoms. The van der Waals surface area contributed by atoms with E-state index >= 15 is 0 Å². The van der Waals surface area contributed by atoms with Gasteiger partial charge in [-0.3, -0.25) is 0 Å². The van der Waals surface area contributed by atoms with Crippen LogP contribution in [0.1, 0.15) is 30.4 Å². The Morgan fingerprint density at radius 1 is 1.15 bits per heavy atom. The van der Waals surface area contributed by atoms with Gasteiger partial charge in [-0.15, -0.1) is 0 Å². The lowest BCUT2D eigenvalue weighted by atomic mass is 10.0. The molecule has 0 aliphatic heterocycles. The SMILES string of the molecule is C=Cc1ccc(C2=CCCC2)cc1. The standard InChI is InChI=1S/C13H14/c1-2-11-7-9-13(10-8-11)12-5-3-4-6-12/h2,5,7-10H,1,3-4,6H2. The molecule has 0 aromatic heterocycles. The number of hydrogen-bond donors (Lipinski definition) is 0. The predicted octanol–water partition coefficient (Wildman–Crippen LogP) is 3.90. The van der Waals surface area contributed by atoms with Gasteiger partial charge in [-0.2, -0.15) is 0 Å². The Kier molecular flexibility index (Phi) is 2.31. The van der Waals surface area contributed by atoms with Gasteiger partial charge in [0.2, 0.25) is 0 Å². The first kappa shape index (κ1) is 8.31. The zero-order valence-corrected chi connectivity index (χ0v) is 7.79. The molecule has 1 aromatic rings. The molecule has 0 unspecified atom stereocenters. The summed E-state index contributed by atoms with van der Waals surface area (Å²) in [4.78, 5) is 0. The van der Waals surface area contributed by atoms with Crippen LogP contribution in [0.25, 0.3) is 11.6 Å². The maximum Gasteiger partial charge on any atom is -0.0227 e. The van der Waals surface area contributed by atoms with Crippen molar-refractivity contribution in [2.24, 2.45) is 0 Å². The smallest absolute Gasteiger partial charge is 0.0227 e. The Bertz CT molecular complexity index is 328. The first-order chi connectivity index (χ1) is 6.40. The predicted molar refractivity (Wildman–Crippen MR) is 58.4 cm³/mol. The highest BCUT2D eigenvalue weighted by atomic mass is 14.1. The van der Waals surface area contributed by atoms with Crippen molar-refractivity contribution in [1.29, 1.82) is 0 Å². The largest absolute Gasteiger partial charge is 0.0985 e. The fourth-order valence-electron chi connectivity index (χ4n) is 1.77. The van der Waals surface area contributed by atoms with E-state index < -0.39 is 0 Å². The Morgan fingerprint density at radius 3 is 2.46 bits per heavy atom. The van der Waals surface area contributed by atoms with Crippen molar-refractivity contribution >= 4 is 11.6 Å². The van der Waals surface area contributed by atoms with Gasteiger partial charge in [0.05, 0.1) is 0 Å². The van der Waals surface area contributed by atoms with E-state index in [1.165, 1.54) is 36.0 Å². The first-order valence-electron chi connectivity index (χ1n) is 4.82. The average Bonchev–Trinajstić information content (AvgIpc) is 2.71. The quantitative estimate of drug-likeness (QED) is 0.631. The molecule has 0 atom stereocenters. The van der Waals surface area contributed by atoms with Crippen LogP contribution in [0.4, 0.5) is 0 Å². The summed E-state index contributed by atoms with van der Waals surface area (Å²) in [7, 11) is 0. The van der Waals surface area contributed by atoms with Crippen LogP contribution < -0.4 is 0 Å². The first-order valence-corrected chi connectivity index (χ1v) is 4.82. The van der Waals surface area contributed by atoms with Crippen molar-refractivity contribution in [2.75, 3.05) is 0 Å². The summed E-state index contributed by atoms with van der Waals surface area (Å²) >= 11 is 0. The van der Waals surface area contributed by atoms with Gasteiger partial charge in [0, 0.05) is 0 Å². The second-order valence-corrected chi connectivity index (χ2v) is 3.45. The van der Waals surface area contributed by atoms with Gasteiger partial charge in [-0.25, -0.2) is 0 Å². The average molecular weight is 170 g/mol. The molecule has 0 fully saturated rings. The normalized spacial score (nSPS) is 15.5. The maximum atomic E-state index is 3.74. The Balaban J connectivity index is 2.26. The summed E-state index contributed by atoms with van der Waals surface area (Å²) < 4.78 is 0. The third kappa shape index (κ3) is 1.72. The Labute approximate surface area is 79.6 Å². The van der Waals surface area contributed by atoms with Crippen LogP contribution in [0.2, 0.25) is 0 Å². The van der Waals surface area contributed by atoms with E-state index in [9.17, 15) is 0 Å². The van der Waals surface area contributed by atoms with E-state index in [1.807, 2.05) is 6.08 Å². The van der Waals surface area contributed by atoms with E-state index in [1.54, 1.807) is 0 Å². The van der Waals surface area contributed by atoms with Gasteiger partial charge in [0.1, 0.15) is 0 Å². The Morgan fingerprint density at radius 2 is 1.92 bits per heavy atom. The van der Waals surface area contributed by atoms with Crippen LogP contribution in [0.5, 0.6) is 0 Å². The molecule has 1 aliphatic carbocycles. The van der Waals surface area contributed by atoms with Crippen molar-refractivity contribution in [3.8, 4) is 0 Å². The topological polar surface area (TPSA) is 0 Å². The highest BCUT2D eigenvalue weighted by Gasteiger charge is 2.05. The van der Waals surface area contributed by atoms with Crippen LogP contribution in [0, 0.1) is 0 Å². The minimum absolute atomic E-state index is 1.20. The number of allylic oxidation sites excluding steroid dienone is 2. The van der Waals surface area contributed by atoms with Crippen molar-refractivity contribution in [2.45, 2.75) is 19.3 Å². The molecule has 0 saturated heterocycles. The minimum Gasteiger partial charge on any atom is -0.0985 e. The van der Waals surface area contributed by atoms with Crippen LogP contribution in [0.15, 0.2) is 36.9 Å². The lowest BCUT2D eigenvalue weighted by Crippen LogP contribution is -1.80. The molecule has 0 amide bonds. The van der Waals surface area contributed by atoms with Crippen LogP contribution in [0.3, 0.4) is 0 Å². The summed E-state index contributed by atoms with van der Waals surface area (Å²) in [6.07, 6.45) is 8.04. The molecular weight excluding hydrogens is 156 g/mol. The third-order valence-corrected chi connectivity index (χ3v) is 2.56. The van der Waals surface area contributed by atoms with Crippen LogP contribution in [-0.2, 0) is 0 Å². The van der Waals surface area contributed by atoms with Crippen molar-refractivity contribution in [3.63, 3.8) is 0 Å². The zero-order chi connectivity index (χ0) is 9.10. The molecule has 0 N–H and O–H groups in total. The molecule has 66 valence electrons. The van der Waals surface area contributed by atoms with E-state index in [-0.39, 0.29) is 0 Å². The van der Waals surface area contributed by atoms with Gasteiger partial charge in [0.15, 0.2) is 0 Å². The molecule has 0 radical (unpaired) electrons. The molecule has 0 heteroatoms. The molecular formula is C13H14. The van der Waals surface area contributed by atoms with Crippen LogP contribution in [-0.4, -0.2) is 0 Å². The minimum atomic E-state index is 1.20. The van der Waals surface area contributed by atoms with E-state index in [4.69, 9.17) is 0 Å². The summed E-state index contributed by atoms with van der Waals surface area (Å²) in [5.41, 5.74) is 4.08. The van der Waals surface area contributed by atoms with E-state index in [2.05, 4.69) is 36.9 Å². The molecule has 2 rings (SSSR count). The second kappa shape index (κ2) is 3.61. The molecule has 0 heterocycles. The summed E-state index contributed by atoms with van der Waals surface area (Å²) in [6, 6.07) is 8.63. The molecule has 0 bridgehead atoms. The van der Waals surface area contributed by atoms with Crippen LogP contribution >= 0.6 is 0 Å². The zero-order valence-electron chi connectivity index (χ0n) is 7.79. The van der Waals surface area contributed by atoms with E-state index in [0.717, 1.165) is 0 Å². The highest BCUT2D eigenvalue weighted by molar-refractivity contribution is 5.68. The second-order valence-electron chi connectivity index (χ2n) is 3.45. The molecule has 1 aromatic carbocycles. The fourth-order valence-corrected chi connectivity index (χ4v) is 1.77. The highest BCUT2D eigenvalue weighted by Crippen LogP contribution is 2.27. The van der Waals surface area contributed by atoms with Gasteiger partial charge < -0.3 is 0 Å². The molecule has 1 aliphatic rings. The summed E-state index contributed by atoms with van der Waals surface area (Å²) in [5, 5.41) is 0. The van der Waals surface area contributed by atoms with Crippen molar-refractivity contribution in [3.05, 3.63) is 48.0 Å². The number of rotatable bonds is 2. The molecule has 0 nitrogen and oxygen atoms in total. The summed E-state index contributed by atoms with van der Waals surface area (Å²) in [5.74, 6) is 0. The third-order valence-electron chi connectivity index (χ3n) is 2.56. The van der Waals surface area contributed by atoms with Gasteiger partial charge in [-0.05, 0) is 36.0 Å². The van der Waals surface area contributed by atoms with Crippen molar-refractivity contribution in [1.82, 2.24) is 0 Å².